The number of amides is 1. The Balaban J connectivity index is 0.00000220. The van der Waals surface area contributed by atoms with Gasteiger partial charge in [0.05, 0.1) is 0 Å². The van der Waals surface area contributed by atoms with Gasteiger partial charge in [-0.2, -0.15) is 0 Å². The zero-order valence-corrected chi connectivity index (χ0v) is 14.2. The summed E-state index contributed by atoms with van der Waals surface area (Å²) in [5.41, 5.74) is 5.81. The maximum Gasteiger partial charge on any atom is 0.224 e. The highest BCUT2D eigenvalue weighted by Gasteiger charge is 2.38. The first-order valence-electron chi connectivity index (χ1n) is 8.41. The van der Waals surface area contributed by atoms with Crippen molar-refractivity contribution in [2.75, 3.05) is 26.2 Å². The average Bonchev–Trinajstić information content (AvgIpc) is 2.53. The quantitative estimate of drug-likeness (QED) is 0.818. The Hall–Kier alpha value is -0.320. The van der Waals surface area contributed by atoms with Crippen molar-refractivity contribution in [3.8, 4) is 0 Å². The van der Waals surface area contributed by atoms with Crippen LogP contribution in [0, 0.1) is 5.92 Å². The number of rotatable bonds is 5. The molecule has 1 atom stereocenters. The minimum absolute atomic E-state index is 0. The van der Waals surface area contributed by atoms with E-state index < -0.39 is 0 Å². The highest BCUT2D eigenvalue weighted by atomic mass is 35.5. The van der Waals surface area contributed by atoms with Crippen LogP contribution in [0.15, 0.2) is 0 Å². The number of hydrogen-bond acceptors (Lipinski definition) is 3. The number of hydrogen-bond donors (Lipinski definition) is 2. The SMILES string of the molecule is CC(CN)C(=O)NCC1(N2CCCCC2)CCCCC1.Cl. The monoisotopic (exact) mass is 317 g/mol. The van der Waals surface area contributed by atoms with Crippen LogP contribution < -0.4 is 11.1 Å². The van der Waals surface area contributed by atoms with E-state index >= 15 is 0 Å². The van der Waals surface area contributed by atoms with Crippen LogP contribution in [0.25, 0.3) is 0 Å². The predicted molar refractivity (Wildman–Crippen MR) is 89.7 cm³/mol. The van der Waals surface area contributed by atoms with E-state index in [1.54, 1.807) is 0 Å². The van der Waals surface area contributed by atoms with Gasteiger partial charge in [0.25, 0.3) is 0 Å². The molecule has 0 aromatic rings. The van der Waals surface area contributed by atoms with Gasteiger partial charge in [-0.1, -0.05) is 32.6 Å². The van der Waals surface area contributed by atoms with Crippen LogP contribution in [0.2, 0.25) is 0 Å². The molecule has 0 spiro atoms. The van der Waals surface area contributed by atoms with Gasteiger partial charge in [0, 0.05) is 24.5 Å². The number of nitrogens with zero attached hydrogens (tertiary/aromatic N) is 1. The lowest BCUT2D eigenvalue weighted by Gasteiger charge is -2.48. The average molecular weight is 318 g/mol. The second-order valence-corrected chi connectivity index (χ2v) is 6.69. The molecule has 2 rings (SSSR count). The fraction of sp³-hybridized carbons (Fsp3) is 0.938. The first kappa shape index (κ1) is 18.7. The Kier molecular flexibility index (Phi) is 7.99. The predicted octanol–water partition coefficient (Wildman–Crippen LogP) is 2.31. The van der Waals surface area contributed by atoms with Crippen molar-refractivity contribution in [1.29, 1.82) is 0 Å². The molecule has 0 radical (unpaired) electrons. The summed E-state index contributed by atoms with van der Waals surface area (Å²) >= 11 is 0. The molecule has 0 bridgehead atoms. The molecule has 0 aromatic heterocycles. The van der Waals surface area contributed by atoms with Crippen molar-refractivity contribution < 1.29 is 4.79 Å². The van der Waals surface area contributed by atoms with Gasteiger partial charge in [0.2, 0.25) is 5.91 Å². The summed E-state index contributed by atoms with van der Waals surface area (Å²) in [5.74, 6) is 0.0476. The summed E-state index contributed by atoms with van der Waals surface area (Å²) < 4.78 is 0. The standard InChI is InChI=1S/C16H31N3O.ClH/c1-14(12-17)15(20)18-13-16(8-4-2-5-9-16)19-10-6-3-7-11-19;/h14H,2-13,17H2,1H3,(H,18,20);1H. The van der Waals surface area contributed by atoms with Crippen molar-refractivity contribution in [2.24, 2.45) is 11.7 Å². The van der Waals surface area contributed by atoms with Gasteiger partial charge in [0.1, 0.15) is 0 Å². The lowest BCUT2D eigenvalue weighted by molar-refractivity contribution is -0.125. The lowest BCUT2D eigenvalue weighted by atomic mass is 9.79. The third-order valence-corrected chi connectivity index (χ3v) is 5.20. The molecular weight excluding hydrogens is 286 g/mol. The molecule has 1 saturated heterocycles. The minimum atomic E-state index is -0.0722. The molecule has 1 saturated carbocycles. The molecule has 124 valence electrons. The number of likely N-dealkylation sites (tertiary alicyclic amines) is 1. The topological polar surface area (TPSA) is 58.4 Å². The molecule has 21 heavy (non-hydrogen) atoms. The van der Waals surface area contributed by atoms with Crippen LogP contribution in [0.1, 0.15) is 58.3 Å². The summed E-state index contributed by atoms with van der Waals surface area (Å²) in [6.45, 7) is 5.58. The van der Waals surface area contributed by atoms with Crippen LogP contribution in [-0.2, 0) is 4.79 Å². The summed E-state index contributed by atoms with van der Waals surface area (Å²) in [6.07, 6.45) is 10.4. The van der Waals surface area contributed by atoms with Crippen LogP contribution in [-0.4, -0.2) is 42.5 Å². The fourth-order valence-corrected chi connectivity index (χ4v) is 3.72. The van der Waals surface area contributed by atoms with E-state index in [0.29, 0.717) is 6.54 Å². The second-order valence-electron chi connectivity index (χ2n) is 6.69. The van der Waals surface area contributed by atoms with E-state index in [4.69, 9.17) is 5.73 Å². The Labute approximate surface area is 135 Å². The summed E-state index contributed by atoms with van der Waals surface area (Å²) in [6, 6.07) is 0. The molecule has 1 unspecified atom stereocenters. The van der Waals surface area contributed by atoms with Crippen LogP contribution >= 0.6 is 12.4 Å². The molecule has 1 aliphatic heterocycles. The van der Waals surface area contributed by atoms with Crippen LogP contribution in [0.4, 0.5) is 0 Å². The van der Waals surface area contributed by atoms with Gasteiger partial charge >= 0.3 is 0 Å². The molecule has 1 aliphatic carbocycles. The first-order chi connectivity index (χ1) is 9.68. The molecule has 2 fully saturated rings. The van der Waals surface area contributed by atoms with Crippen molar-refractivity contribution >= 4 is 18.3 Å². The van der Waals surface area contributed by atoms with Crippen molar-refractivity contribution in [2.45, 2.75) is 63.8 Å². The molecule has 1 amide bonds. The number of piperidine rings is 1. The Morgan fingerprint density at radius 2 is 1.71 bits per heavy atom. The van der Waals surface area contributed by atoms with Gasteiger partial charge in [0.15, 0.2) is 0 Å². The van der Waals surface area contributed by atoms with Crippen molar-refractivity contribution in [3.05, 3.63) is 0 Å². The zero-order valence-electron chi connectivity index (χ0n) is 13.4. The molecule has 5 heteroatoms. The summed E-state index contributed by atoms with van der Waals surface area (Å²) in [7, 11) is 0. The van der Waals surface area contributed by atoms with E-state index in [-0.39, 0.29) is 29.8 Å². The van der Waals surface area contributed by atoms with Gasteiger partial charge in [-0.05, 0) is 38.8 Å². The number of carbonyl (C=O) groups is 1. The maximum atomic E-state index is 12.0. The number of nitrogens with one attached hydrogen (secondary N) is 1. The number of halogens is 1. The maximum absolute atomic E-state index is 12.0. The zero-order chi connectivity index (χ0) is 14.4. The third kappa shape index (κ3) is 4.83. The second kappa shape index (κ2) is 8.96. The minimum Gasteiger partial charge on any atom is -0.354 e. The van der Waals surface area contributed by atoms with Gasteiger partial charge in [-0.25, -0.2) is 0 Å². The van der Waals surface area contributed by atoms with Gasteiger partial charge < -0.3 is 11.1 Å². The van der Waals surface area contributed by atoms with Crippen LogP contribution in [0.3, 0.4) is 0 Å². The third-order valence-electron chi connectivity index (χ3n) is 5.20. The Morgan fingerprint density at radius 1 is 1.14 bits per heavy atom. The molecule has 2 aliphatic rings. The number of nitrogens with two attached hydrogens (primary N) is 1. The lowest BCUT2D eigenvalue weighted by Crippen LogP contribution is -2.58. The highest BCUT2D eigenvalue weighted by Crippen LogP contribution is 2.35. The van der Waals surface area contributed by atoms with E-state index in [2.05, 4.69) is 10.2 Å². The smallest absolute Gasteiger partial charge is 0.224 e. The normalized spacial score (nSPS) is 23.9. The van der Waals surface area contributed by atoms with E-state index in [1.807, 2.05) is 6.92 Å². The molecular formula is C16H32ClN3O. The van der Waals surface area contributed by atoms with Gasteiger partial charge in [-0.15, -0.1) is 12.4 Å². The molecule has 3 N–H and O–H groups in total. The largest absolute Gasteiger partial charge is 0.354 e. The van der Waals surface area contributed by atoms with E-state index in [1.165, 1.54) is 64.5 Å². The Morgan fingerprint density at radius 3 is 2.29 bits per heavy atom. The van der Waals surface area contributed by atoms with Crippen molar-refractivity contribution in [1.82, 2.24) is 10.2 Å². The summed E-state index contributed by atoms with van der Waals surface area (Å²) in [4.78, 5) is 14.7. The molecule has 4 nitrogen and oxygen atoms in total. The van der Waals surface area contributed by atoms with Gasteiger partial charge in [-0.3, -0.25) is 9.69 Å². The van der Waals surface area contributed by atoms with E-state index in [0.717, 1.165) is 6.54 Å². The number of carbonyl (C=O) groups excluding carboxylic acids is 1. The molecule has 1 heterocycles. The van der Waals surface area contributed by atoms with E-state index in [9.17, 15) is 4.79 Å². The molecule has 0 aromatic carbocycles. The highest BCUT2D eigenvalue weighted by molar-refractivity contribution is 5.85. The van der Waals surface area contributed by atoms with Crippen molar-refractivity contribution in [3.63, 3.8) is 0 Å². The first-order valence-corrected chi connectivity index (χ1v) is 8.41. The Bertz CT molecular complexity index is 313. The summed E-state index contributed by atoms with van der Waals surface area (Å²) in [5, 5.41) is 3.18. The fourth-order valence-electron chi connectivity index (χ4n) is 3.72. The van der Waals surface area contributed by atoms with Crippen LogP contribution in [0.5, 0.6) is 0 Å².